The fraction of sp³-hybridized carbons (Fsp3) is 0.318. The van der Waals surface area contributed by atoms with Crippen LogP contribution in [0.2, 0.25) is 0 Å². The molecular formula is C22H25N5O3. The predicted octanol–water partition coefficient (Wildman–Crippen LogP) is 2.09. The van der Waals surface area contributed by atoms with Gasteiger partial charge in [0.15, 0.2) is 0 Å². The van der Waals surface area contributed by atoms with Crippen LogP contribution in [0.3, 0.4) is 0 Å². The Labute approximate surface area is 174 Å². The first-order valence-electron chi connectivity index (χ1n) is 10.0. The van der Waals surface area contributed by atoms with Crippen molar-refractivity contribution in [2.75, 3.05) is 36.5 Å². The minimum absolute atomic E-state index is 0.254. The molecule has 3 aromatic rings. The van der Waals surface area contributed by atoms with Crippen LogP contribution in [0.15, 0.2) is 48.8 Å². The molecule has 1 fully saturated rings. The lowest BCUT2D eigenvalue weighted by Crippen LogP contribution is -2.44. The van der Waals surface area contributed by atoms with Gasteiger partial charge in [0.05, 0.1) is 25.1 Å². The first-order valence-corrected chi connectivity index (χ1v) is 10.0. The smallest absolute Gasteiger partial charge is 0.247 e. The molecule has 0 bridgehead atoms. The second-order valence-electron chi connectivity index (χ2n) is 7.31. The van der Waals surface area contributed by atoms with Gasteiger partial charge >= 0.3 is 0 Å². The van der Waals surface area contributed by atoms with Crippen LogP contribution in [0.1, 0.15) is 12.5 Å². The van der Waals surface area contributed by atoms with Gasteiger partial charge in [0, 0.05) is 43.5 Å². The van der Waals surface area contributed by atoms with E-state index in [1.807, 2.05) is 42.6 Å². The maximum Gasteiger partial charge on any atom is 0.247 e. The third-order valence-electron chi connectivity index (χ3n) is 5.14. The van der Waals surface area contributed by atoms with E-state index in [0.717, 1.165) is 35.4 Å². The molecular weight excluding hydrogens is 382 g/mol. The molecule has 2 aromatic heterocycles. The van der Waals surface area contributed by atoms with Crippen molar-refractivity contribution in [2.45, 2.75) is 19.4 Å². The van der Waals surface area contributed by atoms with Crippen LogP contribution in [-0.2, 0) is 20.7 Å². The highest BCUT2D eigenvalue weighted by molar-refractivity contribution is 5.97. The monoisotopic (exact) mass is 407 g/mol. The Balaban J connectivity index is 1.46. The van der Waals surface area contributed by atoms with Gasteiger partial charge in [0.1, 0.15) is 11.9 Å². The quantitative estimate of drug-likeness (QED) is 0.581. The predicted molar refractivity (Wildman–Crippen MR) is 116 cm³/mol. The number of amides is 2. The summed E-state index contributed by atoms with van der Waals surface area (Å²) in [4.78, 5) is 34.4. The summed E-state index contributed by atoms with van der Waals surface area (Å²) >= 11 is 0. The molecule has 1 saturated heterocycles. The highest BCUT2D eigenvalue weighted by atomic mass is 16.5. The van der Waals surface area contributed by atoms with Gasteiger partial charge in [-0.3, -0.25) is 9.59 Å². The van der Waals surface area contributed by atoms with Gasteiger partial charge in [-0.15, -0.1) is 0 Å². The number of benzene rings is 1. The summed E-state index contributed by atoms with van der Waals surface area (Å²) in [5, 5.41) is 6.67. The van der Waals surface area contributed by atoms with Gasteiger partial charge in [-0.05, 0) is 23.8 Å². The number of pyridine rings is 1. The van der Waals surface area contributed by atoms with Crippen molar-refractivity contribution in [2.24, 2.45) is 0 Å². The second kappa shape index (κ2) is 8.96. The molecule has 8 heteroatoms. The average molecular weight is 407 g/mol. The number of rotatable bonds is 6. The maximum absolute atomic E-state index is 12.9. The second-order valence-corrected chi connectivity index (χ2v) is 7.31. The van der Waals surface area contributed by atoms with E-state index < -0.39 is 6.04 Å². The number of nitrogens with one attached hydrogen (secondary N) is 3. The number of para-hydroxylation sites is 1. The number of anilines is 2. The number of aromatic nitrogens is 2. The Kier molecular flexibility index (Phi) is 5.94. The number of hydrogen-bond donors (Lipinski definition) is 3. The van der Waals surface area contributed by atoms with Crippen molar-refractivity contribution in [1.82, 2.24) is 15.3 Å². The molecule has 0 spiro atoms. The van der Waals surface area contributed by atoms with Gasteiger partial charge in [-0.1, -0.05) is 18.2 Å². The van der Waals surface area contributed by atoms with Crippen molar-refractivity contribution in [3.8, 4) is 0 Å². The van der Waals surface area contributed by atoms with Crippen LogP contribution >= 0.6 is 0 Å². The zero-order chi connectivity index (χ0) is 20.9. The highest BCUT2D eigenvalue weighted by Gasteiger charge is 2.22. The summed E-state index contributed by atoms with van der Waals surface area (Å²) in [6.07, 6.45) is 3.90. The lowest BCUT2D eigenvalue weighted by atomic mass is 10.0. The summed E-state index contributed by atoms with van der Waals surface area (Å²) < 4.78 is 5.36. The SMILES string of the molecule is CC(=O)N[C@@H](Cc1c[nH]c2ccccc12)C(=O)Nc1ccc(N2CCOCC2)nc1. The van der Waals surface area contributed by atoms with Crippen LogP contribution in [0.25, 0.3) is 10.9 Å². The minimum atomic E-state index is -0.694. The van der Waals surface area contributed by atoms with Crippen LogP contribution in [0.4, 0.5) is 11.5 Å². The van der Waals surface area contributed by atoms with Gasteiger partial charge in [-0.2, -0.15) is 0 Å². The molecule has 30 heavy (non-hydrogen) atoms. The molecule has 1 aliphatic rings. The molecule has 1 aromatic carbocycles. The van der Waals surface area contributed by atoms with Gasteiger partial charge in [-0.25, -0.2) is 4.98 Å². The van der Waals surface area contributed by atoms with E-state index >= 15 is 0 Å². The van der Waals surface area contributed by atoms with Crippen molar-refractivity contribution < 1.29 is 14.3 Å². The largest absolute Gasteiger partial charge is 0.378 e. The van der Waals surface area contributed by atoms with Gasteiger partial charge < -0.3 is 25.3 Å². The standard InChI is InChI=1S/C22H25N5O3/c1-15(28)25-20(12-16-13-23-19-5-3-2-4-18(16)19)22(29)26-17-6-7-21(24-14-17)27-8-10-30-11-9-27/h2-7,13-14,20,23H,8-12H2,1H3,(H,25,28)(H,26,29)/t20-/m0/s1. The molecule has 3 N–H and O–H groups in total. The molecule has 0 aliphatic carbocycles. The Bertz CT molecular complexity index is 1020. The van der Waals surface area contributed by atoms with Gasteiger partial charge in [0.25, 0.3) is 0 Å². The zero-order valence-corrected chi connectivity index (χ0v) is 16.9. The third-order valence-corrected chi connectivity index (χ3v) is 5.14. The first kappa shape index (κ1) is 19.9. The average Bonchev–Trinajstić information content (AvgIpc) is 3.17. The fourth-order valence-corrected chi connectivity index (χ4v) is 3.64. The topological polar surface area (TPSA) is 99.3 Å². The number of nitrogens with zero attached hydrogens (tertiary/aromatic N) is 2. The minimum Gasteiger partial charge on any atom is -0.378 e. The summed E-state index contributed by atoms with van der Waals surface area (Å²) in [7, 11) is 0. The molecule has 8 nitrogen and oxygen atoms in total. The number of carbonyl (C=O) groups is 2. The molecule has 1 aliphatic heterocycles. The van der Waals surface area contributed by atoms with Crippen LogP contribution in [0, 0.1) is 0 Å². The van der Waals surface area contributed by atoms with E-state index in [4.69, 9.17) is 4.74 Å². The van der Waals surface area contributed by atoms with Crippen LogP contribution < -0.4 is 15.5 Å². The van der Waals surface area contributed by atoms with Crippen LogP contribution in [0.5, 0.6) is 0 Å². The Morgan fingerprint density at radius 2 is 2.00 bits per heavy atom. The normalized spacial score (nSPS) is 15.0. The van der Waals surface area contributed by atoms with E-state index in [2.05, 4.69) is 25.5 Å². The van der Waals surface area contributed by atoms with Crippen LogP contribution in [-0.4, -0.2) is 54.1 Å². The summed E-state index contributed by atoms with van der Waals surface area (Å²) in [5.41, 5.74) is 2.56. The molecule has 0 saturated carbocycles. The molecule has 1 atom stereocenters. The van der Waals surface area contributed by atoms with Crippen molar-refractivity contribution in [3.05, 3.63) is 54.4 Å². The molecule has 156 valence electrons. The molecule has 0 unspecified atom stereocenters. The Morgan fingerprint density at radius 1 is 1.20 bits per heavy atom. The number of aromatic amines is 1. The van der Waals surface area contributed by atoms with E-state index in [0.29, 0.717) is 25.3 Å². The fourth-order valence-electron chi connectivity index (χ4n) is 3.64. The van der Waals surface area contributed by atoms with E-state index in [1.54, 1.807) is 6.20 Å². The molecule has 0 radical (unpaired) electrons. The maximum atomic E-state index is 12.9. The lowest BCUT2D eigenvalue weighted by Gasteiger charge is -2.27. The van der Waals surface area contributed by atoms with E-state index in [9.17, 15) is 9.59 Å². The molecule has 3 heterocycles. The lowest BCUT2D eigenvalue weighted by molar-refractivity contribution is -0.125. The van der Waals surface area contributed by atoms with Crippen molar-refractivity contribution in [3.63, 3.8) is 0 Å². The third kappa shape index (κ3) is 4.60. The number of ether oxygens (including phenoxy) is 1. The summed E-state index contributed by atoms with van der Waals surface area (Å²) in [6, 6.07) is 10.9. The zero-order valence-electron chi connectivity index (χ0n) is 16.9. The molecule has 2 amide bonds. The summed E-state index contributed by atoms with van der Waals surface area (Å²) in [6.45, 7) is 4.38. The first-order chi connectivity index (χ1) is 14.6. The number of morpholine rings is 1. The van der Waals surface area contributed by atoms with E-state index in [1.165, 1.54) is 6.92 Å². The number of carbonyl (C=O) groups excluding carboxylic acids is 2. The van der Waals surface area contributed by atoms with Crippen molar-refractivity contribution in [1.29, 1.82) is 0 Å². The van der Waals surface area contributed by atoms with Crippen molar-refractivity contribution >= 4 is 34.2 Å². The number of hydrogen-bond acceptors (Lipinski definition) is 5. The molecule has 4 rings (SSSR count). The number of H-pyrrole nitrogens is 1. The van der Waals surface area contributed by atoms with Gasteiger partial charge in [0.2, 0.25) is 11.8 Å². The Morgan fingerprint density at radius 3 is 2.73 bits per heavy atom. The summed E-state index contributed by atoms with van der Waals surface area (Å²) in [5.74, 6) is 0.320. The Hall–Kier alpha value is -3.39. The highest BCUT2D eigenvalue weighted by Crippen LogP contribution is 2.20. The number of fused-ring (bicyclic) bond motifs is 1. The van der Waals surface area contributed by atoms with E-state index in [-0.39, 0.29) is 11.8 Å².